The number of carbonyl (C=O) groups is 2. The number of carbonyl (C=O) groups excluding carboxylic acids is 2. The van der Waals surface area contributed by atoms with Crippen molar-refractivity contribution in [2.24, 2.45) is 0 Å². The van der Waals surface area contributed by atoms with Crippen molar-refractivity contribution in [1.29, 1.82) is 0 Å². The van der Waals surface area contributed by atoms with Crippen molar-refractivity contribution in [3.05, 3.63) is 23.0 Å². The summed E-state index contributed by atoms with van der Waals surface area (Å²) in [5.74, 6) is -0.271. The lowest BCUT2D eigenvalue weighted by atomic mass is 10.2. The number of rotatable bonds is 2. The first-order chi connectivity index (χ1) is 8.56. The summed E-state index contributed by atoms with van der Waals surface area (Å²) in [5, 5.41) is 10.4. The zero-order valence-corrected chi connectivity index (χ0v) is 10.6. The van der Waals surface area contributed by atoms with Crippen LogP contribution in [0.3, 0.4) is 0 Å². The lowest BCUT2D eigenvalue weighted by molar-refractivity contribution is -0.119. The Balaban J connectivity index is 1.99. The second-order valence-electron chi connectivity index (χ2n) is 4.18. The maximum atomic E-state index is 12.1. The number of amides is 2. The molecule has 6 nitrogen and oxygen atoms in total. The highest BCUT2D eigenvalue weighted by molar-refractivity contribution is 6.29. The molecule has 0 spiro atoms. The smallest absolute Gasteiger partial charge is 0.274 e. The van der Waals surface area contributed by atoms with Crippen molar-refractivity contribution in [2.45, 2.75) is 19.4 Å². The number of aromatic nitrogens is 2. The largest absolute Gasteiger partial charge is 0.352 e. The monoisotopic (exact) mass is 268 g/mol. The summed E-state index contributed by atoms with van der Waals surface area (Å²) >= 11 is 5.61. The number of hydrogen-bond donors (Lipinski definition) is 1. The summed E-state index contributed by atoms with van der Waals surface area (Å²) in [5.41, 5.74) is 0.267. The molecule has 1 aliphatic rings. The lowest BCUT2D eigenvalue weighted by Crippen LogP contribution is -2.37. The standard InChI is InChI=1S/C11H13ClN4O2/c1-7(17)13-8-4-5-16(6-8)11(18)9-2-3-10(12)15-14-9/h2-3,8H,4-6H2,1H3,(H,13,17). The second-order valence-corrected chi connectivity index (χ2v) is 4.57. The normalized spacial score (nSPS) is 18.8. The van der Waals surface area contributed by atoms with E-state index in [0.717, 1.165) is 6.42 Å². The van der Waals surface area contributed by atoms with Crippen LogP contribution in [0.25, 0.3) is 0 Å². The zero-order valence-electron chi connectivity index (χ0n) is 9.89. The average molecular weight is 269 g/mol. The molecule has 2 amide bonds. The third kappa shape index (κ3) is 2.95. The van der Waals surface area contributed by atoms with Crippen LogP contribution in [0.5, 0.6) is 0 Å². The van der Waals surface area contributed by atoms with Crippen LogP contribution >= 0.6 is 11.6 Å². The summed E-state index contributed by atoms with van der Waals surface area (Å²) in [6, 6.07) is 3.10. The molecule has 18 heavy (non-hydrogen) atoms. The highest BCUT2D eigenvalue weighted by atomic mass is 35.5. The van der Waals surface area contributed by atoms with Crippen molar-refractivity contribution in [3.63, 3.8) is 0 Å². The molecular weight excluding hydrogens is 256 g/mol. The molecule has 1 atom stereocenters. The molecule has 7 heteroatoms. The highest BCUT2D eigenvalue weighted by Crippen LogP contribution is 2.13. The fourth-order valence-electron chi connectivity index (χ4n) is 1.94. The molecule has 96 valence electrons. The first-order valence-corrected chi connectivity index (χ1v) is 5.99. The molecule has 1 aliphatic heterocycles. The van der Waals surface area contributed by atoms with Crippen molar-refractivity contribution in [3.8, 4) is 0 Å². The van der Waals surface area contributed by atoms with E-state index >= 15 is 0 Å². The topological polar surface area (TPSA) is 75.2 Å². The van der Waals surface area contributed by atoms with Crippen LogP contribution in [0.15, 0.2) is 12.1 Å². The van der Waals surface area contributed by atoms with Crippen LogP contribution in [-0.4, -0.2) is 46.0 Å². The molecule has 0 saturated carbocycles. The molecule has 1 saturated heterocycles. The van der Waals surface area contributed by atoms with Gasteiger partial charge in [0, 0.05) is 26.1 Å². The van der Waals surface area contributed by atoms with Gasteiger partial charge in [0.25, 0.3) is 5.91 Å². The summed E-state index contributed by atoms with van der Waals surface area (Å²) in [4.78, 5) is 24.6. The van der Waals surface area contributed by atoms with E-state index in [1.54, 1.807) is 11.0 Å². The van der Waals surface area contributed by atoms with Gasteiger partial charge in [0.1, 0.15) is 0 Å². The van der Waals surface area contributed by atoms with Gasteiger partial charge in [0.05, 0.1) is 0 Å². The number of nitrogens with one attached hydrogen (secondary N) is 1. The molecule has 1 N–H and O–H groups in total. The maximum absolute atomic E-state index is 12.1. The van der Waals surface area contributed by atoms with Crippen molar-refractivity contribution < 1.29 is 9.59 Å². The van der Waals surface area contributed by atoms with E-state index in [-0.39, 0.29) is 28.7 Å². The molecule has 2 rings (SSSR count). The molecule has 0 aliphatic carbocycles. The molecule has 1 aromatic rings. The first-order valence-electron chi connectivity index (χ1n) is 5.62. The number of hydrogen-bond acceptors (Lipinski definition) is 4. The summed E-state index contributed by atoms with van der Waals surface area (Å²) < 4.78 is 0. The van der Waals surface area contributed by atoms with E-state index in [2.05, 4.69) is 15.5 Å². The minimum atomic E-state index is -0.188. The Bertz CT molecular complexity index is 463. The Morgan fingerprint density at radius 3 is 2.83 bits per heavy atom. The predicted octanol–water partition coefficient (Wildman–Crippen LogP) is 0.481. The van der Waals surface area contributed by atoms with Crippen LogP contribution in [-0.2, 0) is 4.79 Å². The van der Waals surface area contributed by atoms with Gasteiger partial charge < -0.3 is 10.2 Å². The summed E-state index contributed by atoms with van der Waals surface area (Å²) in [6.07, 6.45) is 0.756. The van der Waals surface area contributed by atoms with Gasteiger partial charge in [-0.2, -0.15) is 0 Å². The number of nitrogens with zero attached hydrogens (tertiary/aromatic N) is 3. The molecule has 0 aromatic carbocycles. The van der Waals surface area contributed by atoms with Crippen molar-refractivity contribution >= 4 is 23.4 Å². The summed E-state index contributed by atoms with van der Waals surface area (Å²) in [7, 11) is 0. The third-order valence-corrected chi connectivity index (χ3v) is 2.94. The van der Waals surface area contributed by atoms with Gasteiger partial charge in [-0.3, -0.25) is 9.59 Å². The van der Waals surface area contributed by atoms with E-state index < -0.39 is 0 Å². The van der Waals surface area contributed by atoms with Gasteiger partial charge in [-0.25, -0.2) is 0 Å². The molecule has 1 fully saturated rings. The van der Waals surface area contributed by atoms with Crippen LogP contribution in [0, 0.1) is 0 Å². The predicted molar refractivity (Wildman–Crippen MR) is 65.2 cm³/mol. The van der Waals surface area contributed by atoms with E-state index in [0.29, 0.717) is 13.1 Å². The van der Waals surface area contributed by atoms with Crippen molar-refractivity contribution in [1.82, 2.24) is 20.4 Å². The Hall–Kier alpha value is -1.69. The zero-order chi connectivity index (χ0) is 13.1. The molecular formula is C11H13ClN4O2. The highest BCUT2D eigenvalue weighted by Gasteiger charge is 2.28. The maximum Gasteiger partial charge on any atom is 0.274 e. The fourth-order valence-corrected chi connectivity index (χ4v) is 2.04. The van der Waals surface area contributed by atoms with Gasteiger partial charge in [0.15, 0.2) is 10.8 Å². The Labute approximate surface area is 109 Å². The Morgan fingerprint density at radius 1 is 1.44 bits per heavy atom. The fraction of sp³-hybridized carbons (Fsp3) is 0.455. The average Bonchev–Trinajstić information content (AvgIpc) is 2.76. The van der Waals surface area contributed by atoms with Gasteiger partial charge >= 0.3 is 0 Å². The molecule has 0 bridgehead atoms. The van der Waals surface area contributed by atoms with Crippen LogP contribution < -0.4 is 5.32 Å². The van der Waals surface area contributed by atoms with Gasteiger partial charge in [0.2, 0.25) is 5.91 Å². The molecule has 1 aromatic heterocycles. The molecule has 2 heterocycles. The van der Waals surface area contributed by atoms with Gasteiger partial charge in [-0.05, 0) is 18.6 Å². The lowest BCUT2D eigenvalue weighted by Gasteiger charge is -2.15. The van der Waals surface area contributed by atoms with Crippen LogP contribution in [0.1, 0.15) is 23.8 Å². The van der Waals surface area contributed by atoms with Crippen LogP contribution in [0.4, 0.5) is 0 Å². The van der Waals surface area contributed by atoms with Gasteiger partial charge in [-0.1, -0.05) is 11.6 Å². The minimum absolute atomic E-state index is 0.0201. The third-order valence-electron chi connectivity index (χ3n) is 2.73. The SMILES string of the molecule is CC(=O)NC1CCN(C(=O)c2ccc(Cl)nn2)C1. The molecule has 1 unspecified atom stereocenters. The summed E-state index contributed by atoms with van der Waals surface area (Å²) in [6.45, 7) is 2.58. The Morgan fingerprint density at radius 2 is 2.22 bits per heavy atom. The number of halogens is 1. The minimum Gasteiger partial charge on any atom is -0.352 e. The molecule has 0 radical (unpaired) electrons. The Kier molecular flexibility index (Phi) is 3.76. The van der Waals surface area contributed by atoms with Crippen LogP contribution in [0.2, 0.25) is 5.15 Å². The quantitative estimate of drug-likeness (QED) is 0.847. The number of likely N-dealkylation sites (tertiary alicyclic amines) is 1. The first kappa shape index (κ1) is 12.8. The second kappa shape index (κ2) is 5.30. The van der Waals surface area contributed by atoms with E-state index in [1.807, 2.05) is 0 Å². The van der Waals surface area contributed by atoms with Crippen molar-refractivity contribution in [2.75, 3.05) is 13.1 Å². The van der Waals surface area contributed by atoms with E-state index in [4.69, 9.17) is 11.6 Å². The van der Waals surface area contributed by atoms with E-state index in [9.17, 15) is 9.59 Å². The van der Waals surface area contributed by atoms with Gasteiger partial charge in [-0.15, -0.1) is 10.2 Å². The van der Waals surface area contributed by atoms with E-state index in [1.165, 1.54) is 13.0 Å².